The molecule has 0 bridgehead atoms. The summed E-state index contributed by atoms with van der Waals surface area (Å²) in [5, 5.41) is 6.25. The van der Waals surface area contributed by atoms with Gasteiger partial charge in [-0.05, 0) is 40.7 Å². The third-order valence-electron chi connectivity index (χ3n) is 2.66. The molecule has 0 saturated carbocycles. The van der Waals surface area contributed by atoms with Gasteiger partial charge in [-0.2, -0.15) is 0 Å². The molecule has 1 atom stereocenters. The van der Waals surface area contributed by atoms with Crippen LogP contribution in [0.2, 0.25) is 5.02 Å². The molecule has 0 aliphatic rings. The number of likely N-dealkylation sites (N-methyl/N-ethyl adjacent to an activating group) is 1. The second kappa shape index (κ2) is 6.01. The summed E-state index contributed by atoms with van der Waals surface area (Å²) in [6, 6.07) is 10.4. The SMILES string of the molecule is CNC(Cc1cc(Br)cs1)c1ccccc1Cl. The van der Waals surface area contributed by atoms with Crippen LogP contribution >= 0.6 is 38.9 Å². The summed E-state index contributed by atoms with van der Waals surface area (Å²) < 4.78 is 1.14. The Labute approximate surface area is 119 Å². The number of rotatable bonds is 4. The molecule has 1 unspecified atom stereocenters. The number of hydrogen-bond donors (Lipinski definition) is 1. The van der Waals surface area contributed by atoms with E-state index in [9.17, 15) is 0 Å². The highest BCUT2D eigenvalue weighted by atomic mass is 79.9. The molecule has 0 radical (unpaired) electrons. The van der Waals surface area contributed by atoms with E-state index < -0.39 is 0 Å². The van der Waals surface area contributed by atoms with Crippen LogP contribution in [0.3, 0.4) is 0 Å². The van der Waals surface area contributed by atoms with Gasteiger partial charge >= 0.3 is 0 Å². The van der Waals surface area contributed by atoms with Gasteiger partial charge in [-0.3, -0.25) is 0 Å². The van der Waals surface area contributed by atoms with Crippen LogP contribution in [0.5, 0.6) is 0 Å². The van der Waals surface area contributed by atoms with Gasteiger partial charge in [0.05, 0.1) is 0 Å². The van der Waals surface area contributed by atoms with Crippen molar-refractivity contribution in [1.29, 1.82) is 0 Å². The predicted octanol–water partition coefficient (Wildman–Crippen LogP) is 4.67. The molecule has 1 heterocycles. The average Bonchev–Trinajstić information content (AvgIpc) is 2.73. The molecule has 1 nitrogen and oxygen atoms in total. The Morgan fingerprint density at radius 2 is 2.18 bits per heavy atom. The molecule has 2 rings (SSSR count). The lowest BCUT2D eigenvalue weighted by atomic mass is 10.0. The van der Waals surface area contributed by atoms with E-state index in [4.69, 9.17) is 11.6 Å². The highest BCUT2D eigenvalue weighted by Crippen LogP contribution is 2.28. The first-order valence-corrected chi connectivity index (χ1v) is 7.40. The summed E-state index contributed by atoms with van der Waals surface area (Å²) in [6.07, 6.45) is 0.955. The summed E-state index contributed by atoms with van der Waals surface area (Å²) in [4.78, 5) is 1.34. The second-order valence-electron chi connectivity index (χ2n) is 3.80. The maximum absolute atomic E-state index is 6.22. The maximum atomic E-state index is 6.22. The number of hydrogen-bond acceptors (Lipinski definition) is 2. The van der Waals surface area contributed by atoms with E-state index in [0.29, 0.717) is 0 Å². The van der Waals surface area contributed by atoms with Crippen LogP contribution < -0.4 is 5.32 Å². The highest BCUT2D eigenvalue weighted by molar-refractivity contribution is 9.10. The molecule has 0 amide bonds. The van der Waals surface area contributed by atoms with Crippen molar-refractivity contribution >= 4 is 38.9 Å². The fourth-order valence-corrected chi connectivity index (χ4v) is 3.55. The lowest BCUT2D eigenvalue weighted by Crippen LogP contribution is -2.18. The largest absolute Gasteiger partial charge is 0.313 e. The summed E-state index contributed by atoms with van der Waals surface area (Å²) in [5.41, 5.74) is 1.15. The fourth-order valence-electron chi connectivity index (χ4n) is 1.79. The van der Waals surface area contributed by atoms with E-state index in [2.05, 4.69) is 38.8 Å². The zero-order chi connectivity index (χ0) is 12.3. The van der Waals surface area contributed by atoms with Gasteiger partial charge in [-0.25, -0.2) is 0 Å². The number of nitrogens with one attached hydrogen (secondary N) is 1. The normalized spacial score (nSPS) is 12.6. The summed E-state index contributed by atoms with van der Waals surface area (Å²) in [6.45, 7) is 0. The van der Waals surface area contributed by atoms with E-state index in [1.807, 2.05) is 25.2 Å². The second-order valence-corrected chi connectivity index (χ2v) is 6.12. The third-order valence-corrected chi connectivity index (χ3v) is 4.72. The number of benzene rings is 1. The molecule has 0 aliphatic carbocycles. The molecule has 1 N–H and O–H groups in total. The minimum atomic E-state index is 0.259. The number of thiophene rings is 1. The molecule has 1 aromatic heterocycles. The first-order chi connectivity index (χ1) is 8.20. The molecule has 2 aromatic rings. The van der Waals surface area contributed by atoms with Gasteiger partial charge in [0, 0.05) is 32.2 Å². The molecule has 17 heavy (non-hydrogen) atoms. The molecular weight excluding hydrogens is 318 g/mol. The van der Waals surface area contributed by atoms with Crippen LogP contribution in [0, 0.1) is 0 Å². The van der Waals surface area contributed by atoms with Gasteiger partial charge in [0.1, 0.15) is 0 Å². The van der Waals surface area contributed by atoms with Gasteiger partial charge in [0.15, 0.2) is 0 Å². The minimum Gasteiger partial charge on any atom is -0.313 e. The first-order valence-electron chi connectivity index (χ1n) is 5.35. The Kier molecular flexibility index (Phi) is 4.62. The van der Waals surface area contributed by atoms with Gasteiger partial charge < -0.3 is 5.32 Å². The standard InChI is InChI=1S/C13H13BrClNS/c1-16-13(7-10-6-9(14)8-17-10)11-4-2-3-5-12(11)15/h2-6,8,13,16H,7H2,1H3. The summed E-state index contributed by atoms with van der Waals surface area (Å²) in [7, 11) is 1.97. The van der Waals surface area contributed by atoms with Crippen molar-refractivity contribution in [2.45, 2.75) is 12.5 Å². The minimum absolute atomic E-state index is 0.259. The summed E-state index contributed by atoms with van der Waals surface area (Å²) >= 11 is 11.5. The monoisotopic (exact) mass is 329 g/mol. The quantitative estimate of drug-likeness (QED) is 0.859. The molecule has 4 heteroatoms. The van der Waals surface area contributed by atoms with Crippen molar-refractivity contribution in [2.75, 3.05) is 7.05 Å². The van der Waals surface area contributed by atoms with E-state index in [0.717, 1.165) is 21.5 Å². The van der Waals surface area contributed by atoms with Crippen LogP contribution in [0.15, 0.2) is 40.2 Å². The van der Waals surface area contributed by atoms with Gasteiger partial charge in [-0.1, -0.05) is 29.8 Å². The smallest absolute Gasteiger partial charge is 0.0453 e. The van der Waals surface area contributed by atoms with Gasteiger partial charge in [-0.15, -0.1) is 11.3 Å². The fraction of sp³-hybridized carbons (Fsp3) is 0.231. The Morgan fingerprint density at radius 3 is 2.76 bits per heavy atom. The molecule has 0 saturated heterocycles. The van der Waals surface area contributed by atoms with Crippen LogP contribution in [0.1, 0.15) is 16.5 Å². The van der Waals surface area contributed by atoms with Gasteiger partial charge in [0.2, 0.25) is 0 Å². The lowest BCUT2D eigenvalue weighted by molar-refractivity contribution is 0.597. The van der Waals surface area contributed by atoms with Crippen molar-refractivity contribution in [3.05, 3.63) is 55.6 Å². The summed E-state index contributed by atoms with van der Waals surface area (Å²) in [5.74, 6) is 0. The van der Waals surface area contributed by atoms with Crippen molar-refractivity contribution in [3.63, 3.8) is 0 Å². The molecule has 90 valence electrons. The van der Waals surface area contributed by atoms with Crippen molar-refractivity contribution in [2.24, 2.45) is 0 Å². The predicted molar refractivity (Wildman–Crippen MR) is 79.0 cm³/mol. The zero-order valence-electron chi connectivity index (χ0n) is 9.41. The van der Waals surface area contributed by atoms with Crippen LogP contribution in [-0.4, -0.2) is 7.05 Å². The average molecular weight is 331 g/mol. The zero-order valence-corrected chi connectivity index (χ0v) is 12.6. The molecule has 1 aromatic carbocycles. The Bertz CT molecular complexity index is 498. The Morgan fingerprint density at radius 1 is 1.41 bits per heavy atom. The van der Waals surface area contributed by atoms with Crippen LogP contribution in [0.4, 0.5) is 0 Å². The van der Waals surface area contributed by atoms with Crippen molar-refractivity contribution in [3.8, 4) is 0 Å². The molecule has 0 fully saturated rings. The van der Waals surface area contributed by atoms with E-state index in [1.165, 1.54) is 4.88 Å². The van der Waals surface area contributed by atoms with Crippen LogP contribution in [0.25, 0.3) is 0 Å². The van der Waals surface area contributed by atoms with E-state index >= 15 is 0 Å². The highest BCUT2D eigenvalue weighted by Gasteiger charge is 2.13. The Hall–Kier alpha value is -0.350. The topological polar surface area (TPSA) is 12.0 Å². The lowest BCUT2D eigenvalue weighted by Gasteiger charge is -2.17. The van der Waals surface area contributed by atoms with E-state index in [-0.39, 0.29) is 6.04 Å². The molecule has 0 aliphatic heterocycles. The Balaban J connectivity index is 2.20. The third kappa shape index (κ3) is 3.32. The molecule has 0 spiro atoms. The molecular formula is C13H13BrClNS. The van der Waals surface area contributed by atoms with Crippen molar-refractivity contribution in [1.82, 2.24) is 5.32 Å². The number of halogens is 2. The van der Waals surface area contributed by atoms with Gasteiger partial charge in [0.25, 0.3) is 0 Å². The van der Waals surface area contributed by atoms with Crippen LogP contribution in [-0.2, 0) is 6.42 Å². The first kappa shape index (κ1) is 13.1. The maximum Gasteiger partial charge on any atom is 0.0453 e. The van der Waals surface area contributed by atoms with Crippen molar-refractivity contribution < 1.29 is 0 Å². The van der Waals surface area contributed by atoms with E-state index in [1.54, 1.807) is 11.3 Å².